The zero-order valence-electron chi connectivity index (χ0n) is 14.1. The van der Waals surface area contributed by atoms with Crippen molar-refractivity contribution in [3.8, 4) is 0 Å². The largest absolute Gasteiger partial charge is 0.348 e. The Morgan fingerprint density at radius 3 is 1.88 bits per heavy atom. The van der Waals surface area contributed by atoms with Gasteiger partial charge in [-0.25, -0.2) is 8.78 Å². The molecule has 2 saturated carbocycles. The van der Waals surface area contributed by atoms with Crippen molar-refractivity contribution < 1.29 is 18.3 Å². The quantitative estimate of drug-likeness (QED) is 0.741. The summed E-state index contributed by atoms with van der Waals surface area (Å²) < 4.78 is 38.5. The van der Waals surface area contributed by atoms with Crippen molar-refractivity contribution in [1.82, 2.24) is 0 Å². The van der Waals surface area contributed by atoms with Gasteiger partial charge in [0.15, 0.2) is 5.79 Å². The highest BCUT2D eigenvalue weighted by Crippen LogP contribution is 2.46. The molecule has 0 bridgehead atoms. The highest BCUT2D eigenvalue weighted by molar-refractivity contribution is 5.22. The molecule has 0 atom stereocenters. The standard InChI is InChI=1S/C20H26F2O2/c21-18-11-17(12-19(22)13-18)15-3-1-14(2-4-15)16-5-7-20(8-6-16)23-9-10-24-20/h11-16H,1-10H2. The van der Waals surface area contributed by atoms with Crippen molar-refractivity contribution >= 4 is 0 Å². The Labute approximate surface area is 142 Å². The number of hydrogen-bond donors (Lipinski definition) is 0. The van der Waals surface area contributed by atoms with Crippen LogP contribution in [0, 0.1) is 23.5 Å². The van der Waals surface area contributed by atoms with E-state index in [-0.39, 0.29) is 5.79 Å². The summed E-state index contributed by atoms with van der Waals surface area (Å²) in [5.41, 5.74) is 0.835. The average molecular weight is 336 g/mol. The topological polar surface area (TPSA) is 18.5 Å². The van der Waals surface area contributed by atoms with Gasteiger partial charge in [0, 0.05) is 18.9 Å². The molecule has 2 nitrogen and oxygen atoms in total. The maximum Gasteiger partial charge on any atom is 0.168 e. The second-order valence-corrected chi connectivity index (χ2v) is 7.76. The highest BCUT2D eigenvalue weighted by atomic mass is 19.1. The van der Waals surface area contributed by atoms with Crippen molar-refractivity contribution in [2.45, 2.75) is 63.1 Å². The number of rotatable bonds is 2. The van der Waals surface area contributed by atoms with Gasteiger partial charge in [-0.2, -0.15) is 0 Å². The Hall–Kier alpha value is -1.00. The van der Waals surface area contributed by atoms with Gasteiger partial charge in [-0.15, -0.1) is 0 Å². The summed E-state index contributed by atoms with van der Waals surface area (Å²) in [6, 6.07) is 3.97. The first-order valence-corrected chi connectivity index (χ1v) is 9.37. The summed E-state index contributed by atoms with van der Waals surface area (Å²) in [6.45, 7) is 1.47. The molecule has 1 aliphatic heterocycles. The normalized spacial score (nSPS) is 30.8. The van der Waals surface area contributed by atoms with Crippen molar-refractivity contribution in [2.75, 3.05) is 13.2 Å². The van der Waals surface area contributed by atoms with Crippen molar-refractivity contribution in [3.05, 3.63) is 35.4 Å². The second-order valence-electron chi connectivity index (χ2n) is 7.76. The summed E-state index contributed by atoms with van der Waals surface area (Å²) in [7, 11) is 0. The smallest absolute Gasteiger partial charge is 0.168 e. The molecule has 4 heteroatoms. The predicted molar refractivity (Wildman–Crippen MR) is 87.7 cm³/mol. The third kappa shape index (κ3) is 3.36. The van der Waals surface area contributed by atoms with Gasteiger partial charge in [-0.3, -0.25) is 0 Å². The third-order valence-electron chi connectivity index (χ3n) is 6.40. The molecule has 3 fully saturated rings. The van der Waals surface area contributed by atoms with Crippen LogP contribution in [-0.4, -0.2) is 19.0 Å². The van der Waals surface area contributed by atoms with E-state index in [0.29, 0.717) is 5.92 Å². The summed E-state index contributed by atoms with van der Waals surface area (Å²) in [4.78, 5) is 0. The maximum absolute atomic E-state index is 13.4. The van der Waals surface area contributed by atoms with Gasteiger partial charge in [0.05, 0.1) is 13.2 Å². The lowest BCUT2D eigenvalue weighted by Gasteiger charge is -2.41. The molecule has 3 aliphatic rings. The van der Waals surface area contributed by atoms with E-state index in [4.69, 9.17) is 9.47 Å². The number of halogens is 2. The average Bonchev–Trinajstić information content (AvgIpc) is 3.03. The molecule has 0 aromatic heterocycles. The molecule has 0 N–H and O–H groups in total. The van der Waals surface area contributed by atoms with E-state index in [0.717, 1.165) is 62.4 Å². The Morgan fingerprint density at radius 1 is 0.750 bits per heavy atom. The molecule has 0 unspecified atom stereocenters. The van der Waals surface area contributed by atoms with Gasteiger partial charge in [-0.1, -0.05) is 0 Å². The molecule has 1 aromatic rings. The van der Waals surface area contributed by atoms with Gasteiger partial charge in [-0.05, 0) is 74.0 Å². The van der Waals surface area contributed by atoms with Gasteiger partial charge in [0.25, 0.3) is 0 Å². The first kappa shape index (κ1) is 16.5. The van der Waals surface area contributed by atoms with E-state index in [1.165, 1.54) is 37.8 Å². The fourth-order valence-electron chi connectivity index (χ4n) is 5.07. The van der Waals surface area contributed by atoms with E-state index in [1.54, 1.807) is 0 Å². The van der Waals surface area contributed by atoms with Crippen LogP contribution in [0.3, 0.4) is 0 Å². The lowest BCUT2D eigenvalue weighted by molar-refractivity contribution is -0.185. The van der Waals surface area contributed by atoms with Crippen LogP contribution in [0.15, 0.2) is 18.2 Å². The van der Waals surface area contributed by atoms with Crippen molar-refractivity contribution in [2.24, 2.45) is 11.8 Å². The number of hydrogen-bond acceptors (Lipinski definition) is 2. The van der Waals surface area contributed by atoms with E-state index in [2.05, 4.69) is 0 Å². The SMILES string of the molecule is Fc1cc(F)cc(C2CCC(C3CCC4(CC3)OCCO4)CC2)c1. The first-order valence-electron chi connectivity index (χ1n) is 9.37. The molecule has 4 rings (SSSR count). The van der Waals surface area contributed by atoms with Crippen LogP contribution < -0.4 is 0 Å². The van der Waals surface area contributed by atoms with Gasteiger partial charge < -0.3 is 9.47 Å². The molecule has 132 valence electrons. The van der Waals surface area contributed by atoms with Gasteiger partial charge >= 0.3 is 0 Å². The number of ether oxygens (including phenoxy) is 2. The molecule has 1 spiro atoms. The first-order chi connectivity index (χ1) is 11.6. The molecule has 2 aliphatic carbocycles. The van der Waals surface area contributed by atoms with Crippen LogP contribution in [0.2, 0.25) is 0 Å². The summed E-state index contributed by atoms with van der Waals surface area (Å²) in [5.74, 6) is 0.629. The molecule has 0 amide bonds. The van der Waals surface area contributed by atoms with Crippen LogP contribution >= 0.6 is 0 Å². The Morgan fingerprint density at radius 2 is 1.29 bits per heavy atom. The summed E-state index contributed by atoms with van der Waals surface area (Å²) in [5, 5.41) is 0. The van der Waals surface area contributed by atoms with Crippen LogP contribution in [0.4, 0.5) is 8.78 Å². The second kappa shape index (κ2) is 6.72. The maximum atomic E-state index is 13.4. The van der Waals surface area contributed by atoms with E-state index in [1.807, 2.05) is 0 Å². The minimum atomic E-state index is -0.457. The monoisotopic (exact) mass is 336 g/mol. The lowest BCUT2D eigenvalue weighted by Crippen LogP contribution is -2.37. The Kier molecular flexibility index (Phi) is 4.61. The number of benzene rings is 1. The highest BCUT2D eigenvalue weighted by Gasteiger charge is 2.42. The molecule has 1 aromatic carbocycles. The molecule has 0 radical (unpaired) electrons. The van der Waals surface area contributed by atoms with Gasteiger partial charge in [0.1, 0.15) is 11.6 Å². The van der Waals surface area contributed by atoms with Crippen LogP contribution in [0.1, 0.15) is 62.8 Å². The van der Waals surface area contributed by atoms with E-state index >= 15 is 0 Å². The molecular weight excluding hydrogens is 310 g/mol. The Bertz CT molecular complexity index is 545. The molecule has 1 heterocycles. The fraction of sp³-hybridized carbons (Fsp3) is 0.700. The van der Waals surface area contributed by atoms with Crippen LogP contribution in [0.5, 0.6) is 0 Å². The molecule has 1 saturated heterocycles. The van der Waals surface area contributed by atoms with E-state index in [9.17, 15) is 8.78 Å². The zero-order valence-corrected chi connectivity index (χ0v) is 14.1. The fourth-order valence-corrected chi connectivity index (χ4v) is 5.07. The lowest BCUT2D eigenvalue weighted by atomic mass is 9.69. The predicted octanol–water partition coefficient (Wildman–Crippen LogP) is 5.17. The van der Waals surface area contributed by atoms with Crippen molar-refractivity contribution in [1.29, 1.82) is 0 Å². The summed E-state index contributed by atoms with van der Waals surface area (Å²) >= 11 is 0. The third-order valence-corrected chi connectivity index (χ3v) is 6.40. The zero-order chi connectivity index (χ0) is 16.6. The van der Waals surface area contributed by atoms with Crippen LogP contribution in [0.25, 0.3) is 0 Å². The van der Waals surface area contributed by atoms with Gasteiger partial charge in [0.2, 0.25) is 0 Å². The Balaban J connectivity index is 1.32. The van der Waals surface area contributed by atoms with Crippen LogP contribution in [-0.2, 0) is 9.47 Å². The summed E-state index contributed by atoms with van der Waals surface area (Å²) in [6.07, 6.45) is 8.84. The van der Waals surface area contributed by atoms with E-state index < -0.39 is 11.6 Å². The van der Waals surface area contributed by atoms with Crippen molar-refractivity contribution in [3.63, 3.8) is 0 Å². The molecular formula is C20H26F2O2. The minimum absolute atomic E-state index is 0.271. The minimum Gasteiger partial charge on any atom is -0.348 e. The molecule has 24 heavy (non-hydrogen) atoms.